The van der Waals surface area contributed by atoms with Crippen molar-refractivity contribution < 1.29 is 4.79 Å². The van der Waals surface area contributed by atoms with Gasteiger partial charge in [-0.1, -0.05) is 23.7 Å². The molecule has 0 radical (unpaired) electrons. The van der Waals surface area contributed by atoms with E-state index in [9.17, 15) is 14.4 Å². The molecule has 0 saturated heterocycles. The van der Waals surface area contributed by atoms with Gasteiger partial charge in [-0.3, -0.25) is 14.6 Å². The molecule has 106 valence electrons. The van der Waals surface area contributed by atoms with Gasteiger partial charge in [0.25, 0.3) is 11.5 Å². The standard InChI is InChI=1S/C13H9ClN4O3/c14-7-3-1-2-6-4-8(16-10(6)7)11(19)17-9-5-15-13(21)18-12(9)20/h1-5,16H,(H,17,19)(H2,15,18,20,21). The molecule has 0 aliphatic carbocycles. The van der Waals surface area contributed by atoms with E-state index >= 15 is 0 Å². The van der Waals surface area contributed by atoms with Gasteiger partial charge in [-0.25, -0.2) is 4.79 Å². The Morgan fingerprint density at radius 2 is 2.00 bits per heavy atom. The number of carbonyl (C=O) groups excluding carboxylic acids is 1. The normalized spacial score (nSPS) is 10.7. The summed E-state index contributed by atoms with van der Waals surface area (Å²) >= 11 is 6.02. The van der Waals surface area contributed by atoms with Crippen LogP contribution in [0.2, 0.25) is 5.02 Å². The fourth-order valence-corrected chi connectivity index (χ4v) is 2.16. The largest absolute Gasteiger partial charge is 0.349 e. The molecule has 0 fully saturated rings. The summed E-state index contributed by atoms with van der Waals surface area (Å²) in [5, 5.41) is 3.68. The second-order valence-electron chi connectivity index (χ2n) is 4.33. The Labute approximate surface area is 122 Å². The summed E-state index contributed by atoms with van der Waals surface area (Å²) in [6.45, 7) is 0. The van der Waals surface area contributed by atoms with E-state index in [1.54, 1.807) is 24.3 Å². The summed E-state index contributed by atoms with van der Waals surface area (Å²) in [6.07, 6.45) is 1.13. The molecule has 21 heavy (non-hydrogen) atoms. The fraction of sp³-hybridized carbons (Fsp3) is 0. The van der Waals surface area contributed by atoms with Crippen LogP contribution in [-0.4, -0.2) is 20.9 Å². The first-order valence-electron chi connectivity index (χ1n) is 5.95. The smallest absolute Gasteiger partial charge is 0.325 e. The van der Waals surface area contributed by atoms with Gasteiger partial charge in [-0.05, 0) is 12.1 Å². The molecule has 8 heteroatoms. The summed E-state index contributed by atoms with van der Waals surface area (Å²) < 4.78 is 0. The SMILES string of the molecule is O=C(Nc1c[nH]c(=O)[nH]c1=O)c1cc2cccc(Cl)c2[nH]1. The molecule has 1 amide bonds. The van der Waals surface area contributed by atoms with Crippen molar-refractivity contribution in [1.82, 2.24) is 15.0 Å². The van der Waals surface area contributed by atoms with E-state index in [2.05, 4.69) is 15.3 Å². The van der Waals surface area contributed by atoms with Gasteiger partial charge in [0, 0.05) is 11.6 Å². The van der Waals surface area contributed by atoms with Gasteiger partial charge in [-0.2, -0.15) is 0 Å². The Bertz CT molecular complexity index is 954. The Morgan fingerprint density at radius 3 is 2.71 bits per heavy atom. The molecule has 0 aliphatic rings. The quantitative estimate of drug-likeness (QED) is 0.575. The molecule has 0 saturated carbocycles. The van der Waals surface area contributed by atoms with Crippen molar-refractivity contribution in [2.75, 3.05) is 5.32 Å². The van der Waals surface area contributed by atoms with Gasteiger partial charge in [0.15, 0.2) is 0 Å². The molecule has 0 spiro atoms. The Morgan fingerprint density at radius 1 is 1.19 bits per heavy atom. The molecule has 0 aliphatic heterocycles. The molecule has 3 aromatic rings. The van der Waals surface area contributed by atoms with E-state index in [-0.39, 0.29) is 11.4 Å². The van der Waals surface area contributed by atoms with Crippen molar-refractivity contribution in [3.05, 3.63) is 62.0 Å². The van der Waals surface area contributed by atoms with Crippen LogP contribution in [0.4, 0.5) is 5.69 Å². The molecule has 3 rings (SSSR count). The topological polar surface area (TPSA) is 111 Å². The third-order valence-electron chi connectivity index (χ3n) is 2.92. The highest BCUT2D eigenvalue weighted by Gasteiger charge is 2.12. The number of benzene rings is 1. The number of amides is 1. The molecule has 2 aromatic heterocycles. The van der Waals surface area contributed by atoms with Crippen LogP contribution >= 0.6 is 11.6 Å². The van der Waals surface area contributed by atoms with Crippen molar-refractivity contribution in [2.45, 2.75) is 0 Å². The van der Waals surface area contributed by atoms with Gasteiger partial charge in [0.2, 0.25) is 0 Å². The number of nitrogens with one attached hydrogen (secondary N) is 4. The second-order valence-corrected chi connectivity index (χ2v) is 4.73. The van der Waals surface area contributed by atoms with Crippen molar-refractivity contribution >= 4 is 34.1 Å². The zero-order chi connectivity index (χ0) is 15.0. The number of carbonyl (C=O) groups is 1. The summed E-state index contributed by atoms with van der Waals surface area (Å²) in [5.41, 5.74) is -0.482. The number of para-hydroxylation sites is 1. The average molecular weight is 305 g/mol. The number of rotatable bonds is 2. The molecular weight excluding hydrogens is 296 g/mol. The molecule has 2 heterocycles. The average Bonchev–Trinajstić information content (AvgIpc) is 2.87. The second kappa shape index (κ2) is 4.95. The zero-order valence-electron chi connectivity index (χ0n) is 10.5. The Kier molecular flexibility index (Phi) is 3.11. The number of hydrogen-bond donors (Lipinski definition) is 4. The summed E-state index contributed by atoms with van der Waals surface area (Å²) in [4.78, 5) is 41.7. The third-order valence-corrected chi connectivity index (χ3v) is 3.23. The highest BCUT2D eigenvalue weighted by atomic mass is 35.5. The monoisotopic (exact) mass is 304 g/mol. The fourth-order valence-electron chi connectivity index (χ4n) is 1.93. The van der Waals surface area contributed by atoms with Crippen LogP contribution in [0.3, 0.4) is 0 Å². The maximum atomic E-state index is 12.1. The van der Waals surface area contributed by atoms with Crippen LogP contribution in [0.25, 0.3) is 10.9 Å². The summed E-state index contributed by atoms with van der Waals surface area (Å²) in [7, 11) is 0. The molecular formula is C13H9ClN4O3. The maximum Gasteiger partial charge on any atom is 0.325 e. The van der Waals surface area contributed by atoms with Crippen molar-refractivity contribution in [2.24, 2.45) is 0 Å². The molecule has 4 N–H and O–H groups in total. The first-order chi connectivity index (χ1) is 10.0. The third kappa shape index (κ3) is 2.46. The Balaban J connectivity index is 1.95. The number of aromatic amines is 3. The minimum atomic E-state index is -0.679. The highest BCUT2D eigenvalue weighted by Crippen LogP contribution is 2.23. The van der Waals surface area contributed by atoms with Crippen molar-refractivity contribution in [3.63, 3.8) is 0 Å². The molecule has 7 nitrogen and oxygen atoms in total. The van der Waals surface area contributed by atoms with E-state index in [0.717, 1.165) is 11.6 Å². The van der Waals surface area contributed by atoms with Crippen molar-refractivity contribution in [1.29, 1.82) is 0 Å². The predicted molar refractivity (Wildman–Crippen MR) is 78.9 cm³/mol. The number of H-pyrrole nitrogens is 3. The molecule has 0 unspecified atom stereocenters. The van der Waals surface area contributed by atoms with Crippen LogP contribution in [0, 0.1) is 0 Å². The molecule has 0 atom stereocenters. The minimum Gasteiger partial charge on any atom is -0.349 e. The summed E-state index contributed by atoms with van der Waals surface area (Å²) in [6, 6.07) is 6.90. The van der Waals surface area contributed by atoms with Gasteiger partial charge >= 0.3 is 5.69 Å². The number of halogens is 1. The number of fused-ring (bicyclic) bond motifs is 1. The molecule has 0 bridgehead atoms. The predicted octanol–water partition coefficient (Wildman–Crippen LogP) is 1.45. The lowest BCUT2D eigenvalue weighted by Crippen LogP contribution is -2.26. The number of hydrogen-bond acceptors (Lipinski definition) is 3. The van der Waals surface area contributed by atoms with E-state index in [1.165, 1.54) is 0 Å². The van der Waals surface area contributed by atoms with Crippen LogP contribution in [-0.2, 0) is 0 Å². The first kappa shape index (κ1) is 13.2. The van der Waals surface area contributed by atoms with Crippen molar-refractivity contribution in [3.8, 4) is 0 Å². The van der Waals surface area contributed by atoms with Gasteiger partial charge in [-0.15, -0.1) is 0 Å². The number of aromatic nitrogens is 3. The maximum absolute atomic E-state index is 12.1. The molecule has 1 aromatic carbocycles. The lowest BCUT2D eigenvalue weighted by atomic mass is 10.2. The lowest BCUT2D eigenvalue weighted by Gasteiger charge is -2.01. The van der Waals surface area contributed by atoms with Crippen LogP contribution < -0.4 is 16.6 Å². The van der Waals surface area contributed by atoms with E-state index in [1.807, 2.05) is 4.98 Å². The van der Waals surface area contributed by atoms with Crippen LogP contribution in [0.5, 0.6) is 0 Å². The number of anilines is 1. The first-order valence-corrected chi connectivity index (χ1v) is 6.33. The van der Waals surface area contributed by atoms with Crippen LogP contribution in [0.1, 0.15) is 10.5 Å². The van der Waals surface area contributed by atoms with Gasteiger partial charge < -0.3 is 15.3 Å². The van der Waals surface area contributed by atoms with E-state index in [4.69, 9.17) is 11.6 Å². The minimum absolute atomic E-state index is 0.0515. The summed E-state index contributed by atoms with van der Waals surface area (Å²) in [5.74, 6) is -0.514. The van der Waals surface area contributed by atoms with E-state index in [0.29, 0.717) is 10.5 Å². The van der Waals surface area contributed by atoms with Gasteiger partial charge in [0.05, 0.1) is 10.5 Å². The van der Waals surface area contributed by atoms with E-state index < -0.39 is 17.2 Å². The lowest BCUT2D eigenvalue weighted by molar-refractivity contribution is 0.102. The zero-order valence-corrected chi connectivity index (χ0v) is 11.2. The highest BCUT2D eigenvalue weighted by molar-refractivity contribution is 6.35. The van der Waals surface area contributed by atoms with Crippen LogP contribution in [0.15, 0.2) is 40.1 Å². The van der Waals surface area contributed by atoms with Gasteiger partial charge in [0.1, 0.15) is 11.4 Å². The Hall–Kier alpha value is -2.80.